The third-order valence-electron chi connectivity index (χ3n) is 2.70. The number of carboxylic acid groups (broad SMARTS) is 1. The Labute approximate surface area is 101 Å². The standard InChI is InChI=1S/C12H9N3O3/c1-6-3-5-18-9(6)11-14-8-7(12(16)17)2-4-13-10(8)15-11/h2-5H,1H3,(H,16,17)(H,13,14,15). The molecule has 0 aliphatic rings. The van der Waals surface area contributed by atoms with E-state index in [1.54, 1.807) is 6.26 Å². The summed E-state index contributed by atoms with van der Waals surface area (Å²) in [5.41, 5.74) is 1.82. The second kappa shape index (κ2) is 3.69. The Bertz CT molecular complexity index is 742. The van der Waals surface area contributed by atoms with Gasteiger partial charge in [0.2, 0.25) is 0 Å². The van der Waals surface area contributed by atoms with Crippen LogP contribution in [0.15, 0.2) is 29.0 Å². The van der Waals surface area contributed by atoms with Crippen LogP contribution in [0, 0.1) is 6.92 Å². The van der Waals surface area contributed by atoms with E-state index in [9.17, 15) is 4.79 Å². The van der Waals surface area contributed by atoms with Crippen molar-refractivity contribution in [1.29, 1.82) is 0 Å². The number of furan rings is 1. The largest absolute Gasteiger partial charge is 0.478 e. The fourth-order valence-corrected chi connectivity index (χ4v) is 1.81. The number of imidazole rings is 1. The summed E-state index contributed by atoms with van der Waals surface area (Å²) in [6, 6.07) is 3.25. The van der Waals surface area contributed by atoms with Crippen molar-refractivity contribution < 1.29 is 14.3 Å². The maximum Gasteiger partial charge on any atom is 0.338 e. The third kappa shape index (κ3) is 1.46. The number of pyridine rings is 1. The molecule has 0 aliphatic heterocycles. The molecule has 0 radical (unpaired) electrons. The SMILES string of the molecule is Cc1ccoc1-c1nc2nccc(C(=O)O)c2[nH]1. The lowest BCUT2D eigenvalue weighted by molar-refractivity contribution is 0.0698. The van der Waals surface area contributed by atoms with Gasteiger partial charge in [-0.05, 0) is 24.6 Å². The minimum Gasteiger partial charge on any atom is -0.478 e. The molecule has 0 saturated carbocycles. The number of rotatable bonds is 2. The Balaban J connectivity index is 2.26. The van der Waals surface area contributed by atoms with Gasteiger partial charge in [-0.3, -0.25) is 0 Å². The zero-order chi connectivity index (χ0) is 12.7. The number of aromatic carboxylic acids is 1. The van der Waals surface area contributed by atoms with Crippen molar-refractivity contribution in [1.82, 2.24) is 15.0 Å². The smallest absolute Gasteiger partial charge is 0.338 e. The van der Waals surface area contributed by atoms with Crippen LogP contribution in [0.25, 0.3) is 22.7 Å². The highest BCUT2D eigenvalue weighted by molar-refractivity contribution is 6.00. The number of aromatic amines is 1. The van der Waals surface area contributed by atoms with Crippen molar-refractivity contribution in [2.75, 3.05) is 0 Å². The minimum atomic E-state index is -1.02. The van der Waals surface area contributed by atoms with Crippen LogP contribution in [0.1, 0.15) is 15.9 Å². The number of fused-ring (bicyclic) bond motifs is 1. The zero-order valence-corrected chi connectivity index (χ0v) is 9.47. The first kappa shape index (κ1) is 10.5. The Kier molecular flexibility index (Phi) is 2.16. The van der Waals surface area contributed by atoms with Gasteiger partial charge >= 0.3 is 5.97 Å². The van der Waals surface area contributed by atoms with Crippen LogP contribution in [-0.4, -0.2) is 26.0 Å². The van der Waals surface area contributed by atoms with Crippen molar-refractivity contribution >= 4 is 17.1 Å². The van der Waals surface area contributed by atoms with Gasteiger partial charge in [0.05, 0.1) is 17.3 Å². The van der Waals surface area contributed by atoms with Gasteiger partial charge in [-0.25, -0.2) is 14.8 Å². The van der Waals surface area contributed by atoms with E-state index >= 15 is 0 Å². The Morgan fingerprint density at radius 2 is 2.28 bits per heavy atom. The van der Waals surface area contributed by atoms with E-state index in [2.05, 4.69) is 15.0 Å². The van der Waals surface area contributed by atoms with Crippen LogP contribution in [0.5, 0.6) is 0 Å². The van der Waals surface area contributed by atoms with Crippen LogP contribution < -0.4 is 0 Å². The fraction of sp³-hybridized carbons (Fsp3) is 0.0833. The number of hydrogen-bond donors (Lipinski definition) is 2. The topological polar surface area (TPSA) is 92.0 Å². The molecular weight excluding hydrogens is 234 g/mol. The average Bonchev–Trinajstić information content (AvgIpc) is 2.92. The minimum absolute atomic E-state index is 0.142. The van der Waals surface area contributed by atoms with Gasteiger partial charge in [-0.1, -0.05) is 0 Å². The monoisotopic (exact) mass is 243 g/mol. The van der Waals surface area contributed by atoms with Gasteiger partial charge in [-0.15, -0.1) is 0 Å². The van der Waals surface area contributed by atoms with Crippen LogP contribution in [0.3, 0.4) is 0 Å². The third-order valence-corrected chi connectivity index (χ3v) is 2.70. The van der Waals surface area contributed by atoms with Gasteiger partial charge in [0.25, 0.3) is 0 Å². The lowest BCUT2D eigenvalue weighted by atomic mass is 10.2. The number of nitrogens with one attached hydrogen (secondary N) is 1. The first-order valence-corrected chi connectivity index (χ1v) is 5.29. The van der Waals surface area contributed by atoms with Crippen molar-refractivity contribution in [3.05, 3.63) is 35.7 Å². The molecule has 0 fully saturated rings. The second-order valence-electron chi connectivity index (χ2n) is 3.88. The number of hydrogen-bond acceptors (Lipinski definition) is 4. The average molecular weight is 243 g/mol. The van der Waals surface area contributed by atoms with Gasteiger partial charge in [0, 0.05) is 6.20 Å². The van der Waals surface area contributed by atoms with E-state index < -0.39 is 5.97 Å². The second-order valence-corrected chi connectivity index (χ2v) is 3.88. The van der Waals surface area contributed by atoms with Gasteiger partial charge in [0.15, 0.2) is 17.2 Å². The highest BCUT2D eigenvalue weighted by atomic mass is 16.4. The lowest BCUT2D eigenvalue weighted by Crippen LogP contribution is -1.97. The molecule has 3 aromatic heterocycles. The molecule has 3 heterocycles. The maximum atomic E-state index is 11.1. The quantitative estimate of drug-likeness (QED) is 0.720. The first-order chi connectivity index (χ1) is 8.66. The number of H-pyrrole nitrogens is 1. The lowest BCUT2D eigenvalue weighted by Gasteiger charge is -1.94. The predicted octanol–water partition coefficient (Wildman–Crippen LogP) is 2.22. The van der Waals surface area contributed by atoms with Gasteiger partial charge in [0.1, 0.15) is 0 Å². The normalized spacial score (nSPS) is 10.9. The van der Waals surface area contributed by atoms with Crippen molar-refractivity contribution in [2.45, 2.75) is 6.92 Å². The van der Waals surface area contributed by atoms with E-state index in [-0.39, 0.29) is 5.56 Å². The molecule has 0 saturated heterocycles. The fourth-order valence-electron chi connectivity index (χ4n) is 1.81. The molecular formula is C12H9N3O3. The summed E-state index contributed by atoms with van der Waals surface area (Å²) in [4.78, 5) is 22.3. The Morgan fingerprint density at radius 1 is 1.44 bits per heavy atom. The van der Waals surface area contributed by atoms with Crippen LogP contribution in [0.4, 0.5) is 0 Å². The Hall–Kier alpha value is -2.63. The van der Waals surface area contributed by atoms with Crippen molar-refractivity contribution in [3.8, 4) is 11.6 Å². The van der Waals surface area contributed by atoms with Crippen LogP contribution >= 0.6 is 0 Å². The summed E-state index contributed by atoms with van der Waals surface area (Å²) in [5, 5.41) is 9.08. The molecule has 2 N–H and O–H groups in total. The first-order valence-electron chi connectivity index (χ1n) is 5.29. The number of nitrogens with zero attached hydrogens (tertiary/aromatic N) is 2. The van der Waals surface area contributed by atoms with Gasteiger partial charge < -0.3 is 14.5 Å². The van der Waals surface area contributed by atoms with E-state index in [0.29, 0.717) is 22.7 Å². The summed E-state index contributed by atoms with van der Waals surface area (Å²) in [6.45, 7) is 1.89. The van der Waals surface area contributed by atoms with Crippen LogP contribution in [0.2, 0.25) is 0 Å². The molecule has 0 unspecified atom stereocenters. The van der Waals surface area contributed by atoms with E-state index in [0.717, 1.165) is 5.56 Å². The molecule has 3 aromatic rings. The molecule has 0 aliphatic carbocycles. The summed E-state index contributed by atoms with van der Waals surface area (Å²) in [7, 11) is 0. The number of carboxylic acids is 1. The van der Waals surface area contributed by atoms with Crippen molar-refractivity contribution in [3.63, 3.8) is 0 Å². The summed E-state index contributed by atoms with van der Waals surface area (Å²) >= 11 is 0. The highest BCUT2D eigenvalue weighted by Crippen LogP contribution is 2.24. The molecule has 0 atom stereocenters. The predicted molar refractivity (Wildman–Crippen MR) is 63.3 cm³/mol. The molecule has 18 heavy (non-hydrogen) atoms. The number of aromatic nitrogens is 3. The van der Waals surface area contributed by atoms with E-state index in [4.69, 9.17) is 9.52 Å². The summed E-state index contributed by atoms with van der Waals surface area (Å²) < 4.78 is 5.31. The molecule has 0 amide bonds. The summed E-state index contributed by atoms with van der Waals surface area (Å²) in [6.07, 6.45) is 2.98. The molecule has 6 nitrogen and oxygen atoms in total. The van der Waals surface area contributed by atoms with Crippen LogP contribution in [-0.2, 0) is 0 Å². The molecule has 3 rings (SSSR count). The van der Waals surface area contributed by atoms with E-state index in [1.165, 1.54) is 12.3 Å². The molecule has 0 bridgehead atoms. The highest BCUT2D eigenvalue weighted by Gasteiger charge is 2.16. The van der Waals surface area contributed by atoms with E-state index in [1.807, 2.05) is 13.0 Å². The Morgan fingerprint density at radius 3 is 2.94 bits per heavy atom. The zero-order valence-electron chi connectivity index (χ0n) is 9.47. The molecule has 0 spiro atoms. The summed E-state index contributed by atoms with van der Waals surface area (Å²) in [5.74, 6) is 0.0480. The van der Waals surface area contributed by atoms with Gasteiger partial charge in [-0.2, -0.15) is 0 Å². The molecule has 0 aromatic carbocycles. The maximum absolute atomic E-state index is 11.1. The molecule has 90 valence electrons. The van der Waals surface area contributed by atoms with Crippen molar-refractivity contribution in [2.24, 2.45) is 0 Å². The number of carbonyl (C=O) groups is 1. The number of aryl methyl sites for hydroxylation is 1. The molecule has 6 heteroatoms.